The van der Waals surface area contributed by atoms with Gasteiger partial charge in [0, 0.05) is 36.7 Å². The van der Waals surface area contributed by atoms with E-state index in [4.69, 9.17) is 4.74 Å². The van der Waals surface area contributed by atoms with Crippen LogP contribution in [0.25, 0.3) is 0 Å². The SMILES string of the molecule is Cc1cc(N2CCOC(CCc3ccncn3)C2)ncn1. The van der Waals surface area contributed by atoms with Crippen molar-refractivity contribution in [2.24, 2.45) is 0 Å². The summed E-state index contributed by atoms with van der Waals surface area (Å²) in [7, 11) is 0. The molecule has 2 aromatic rings. The van der Waals surface area contributed by atoms with Gasteiger partial charge < -0.3 is 9.64 Å². The molecule has 0 spiro atoms. The molecule has 0 bridgehead atoms. The van der Waals surface area contributed by atoms with E-state index >= 15 is 0 Å². The number of hydrogen-bond donors (Lipinski definition) is 0. The van der Waals surface area contributed by atoms with Crippen LogP contribution in [0.15, 0.2) is 31.0 Å². The van der Waals surface area contributed by atoms with Crippen LogP contribution in [0.1, 0.15) is 17.8 Å². The minimum absolute atomic E-state index is 0.212. The van der Waals surface area contributed by atoms with E-state index in [9.17, 15) is 0 Å². The number of aromatic nitrogens is 4. The van der Waals surface area contributed by atoms with Crippen LogP contribution in [-0.2, 0) is 11.2 Å². The van der Waals surface area contributed by atoms with Crippen molar-refractivity contribution < 1.29 is 4.74 Å². The standard InChI is InChI=1S/C15H19N5O/c1-12-8-15(19-11-17-12)20-6-7-21-14(9-20)3-2-13-4-5-16-10-18-13/h4-5,8,10-11,14H,2-3,6-7,9H2,1H3. The number of aryl methyl sites for hydroxylation is 2. The van der Waals surface area contributed by atoms with Gasteiger partial charge in [-0.2, -0.15) is 0 Å². The third kappa shape index (κ3) is 3.72. The van der Waals surface area contributed by atoms with E-state index in [2.05, 4.69) is 24.8 Å². The molecule has 1 aliphatic heterocycles. The molecule has 0 aliphatic carbocycles. The highest BCUT2D eigenvalue weighted by atomic mass is 16.5. The summed E-state index contributed by atoms with van der Waals surface area (Å²) in [6.07, 6.45) is 7.06. The van der Waals surface area contributed by atoms with Crippen molar-refractivity contribution in [3.63, 3.8) is 0 Å². The van der Waals surface area contributed by atoms with E-state index in [0.717, 1.165) is 49.7 Å². The first-order valence-corrected chi connectivity index (χ1v) is 7.21. The fraction of sp³-hybridized carbons (Fsp3) is 0.467. The summed E-state index contributed by atoms with van der Waals surface area (Å²) in [5.41, 5.74) is 2.05. The molecule has 6 nitrogen and oxygen atoms in total. The predicted octanol–water partition coefficient (Wildman–Crippen LogP) is 1.41. The Morgan fingerprint density at radius 3 is 3.05 bits per heavy atom. The van der Waals surface area contributed by atoms with Crippen LogP contribution in [0.4, 0.5) is 5.82 Å². The zero-order valence-corrected chi connectivity index (χ0v) is 12.1. The van der Waals surface area contributed by atoms with Gasteiger partial charge in [0.05, 0.1) is 12.7 Å². The molecular formula is C15H19N5O. The summed E-state index contributed by atoms with van der Waals surface area (Å²) < 4.78 is 5.85. The van der Waals surface area contributed by atoms with E-state index in [0.29, 0.717) is 0 Å². The van der Waals surface area contributed by atoms with Gasteiger partial charge in [-0.15, -0.1) is 0 Å². The molecule has 110 valence electrons. The lowest BCUT2D eigenvalue weighted by molar-refractivity contribution is 0.0350. The number of hydrogen-bond acceptors (Lipinski definition) is 6. The number of morpholine rings is 1. The van der Waals surface area contributed by atoms with Gasteiger partial charge in [-0.05, 0) is 25.8 Å². The van der Waals surface area contributed by atoms with E-state index in [1.165, 1.54) is 0 Å². The van der Waals surface area contributed by atoms with Gasteiger partial charge in [-0.3, -0.25) is 0 Å². The Morgan fingerprint density at radius 1 is 1.29 bits per heavy atom. The predicted molar refractivity (Wildman–Crippen MR) is 79.1 cm³/mol. The monoisotopic (exact) mass is 285 g/mol. The Hall–Kier alpha value is -2.08. The Morgan fingerprint density at radius 2 is 2.24 bits per heavy atom. The number of nitrogens with zero attached hydrogens (tertiary/aromatic N) is 5. The second-order valence-corrected chi connectivity index (χ2v) is 5.20. The van der Waals surface area contributed by atoms with Crippen molar-refractivity contribution in [3.05, 3.63) is 42.4 Å². The van der Waals surface area contributed by atoms with Gasteiger partial charge in [-0.1, -0.05) is 0 Å². The first-order valence-electron chi connectivity index (χ1n) is 7.21. The van der Waals surface area contributed by atoms with Crippen LogP contribution >= 0.6 is 0 Å². The molecule has 0 N–H and O–H groups in total. The van der Waals surface area contributed by atoms with Gasteiger partial charge in [0.15, 0.2) is 0 Å². The smallest absolute Gasteiger partial charge is 0.132 e. The number of rotatable bonds is 4. The summed E-state index contributed by atoms with van der Waals surface area (Å²) >= 11 is 0. The van der Waals surface area contributed by atoms with Crippen LogP contribution in [0.2, 0.25) is 0 Å². The molecule has 0 radical (unpaired) electrons. The van der Waals surface area contributed by atoms with Gasteiger partial charge in [0.1, 0.15) is 18.5 Å². The molecule has 2 aromatic heterocycles. The molecule has 6 heteroatoms. The van der Waals surface area contributed by atoms with Crippen LogP contribution < -0.4 is 4.90 Å². The van der Waals surface area contributed by atoms with Gasteiger partial charge in [0.25, 0.3) is 0 Å². The maximum atomic E-state index is 5.85. The van der Waals surface area contributed by atoms with Crippen molar-refractivity contribution in [3.8, 4) is 0 Å². The maximum absolute atomic E-state index is 5.85. The topological polar surface area (TPSA) is 64.0 Å². The minimum Gasteiger partial charge on any atom is -0.375 e. The zero-order valence-electron chi connectivity index (χ0n) is 12.1. The lowest BCUT2D eigenvalue weighted by Crippen LogP contribution is -2.43. The van der Waals surface area contributed by atoms with E-state index in [1.807, 2.05) is 19.1 Å². The van der Waals surface area contributed by atoms with Crippen molar-refractivity contribution in [1.82, 2.24) is 19.9 Å². The van der Waals surface area contributed by atoms with Crippen molar-refractivity contribution >= 4 is 5.82 Å². The average Bonchev–Trinajstić information content (AvgIpc) is 2.54. The number of ether oxygens (including phenoxy) is 1. The van der Waals surface area contributed by atoms with Crippen LogP contribution in [0.5, 0.6) is 0 Å². The lowest BCUT2D eigenvalue weighted by Gasteiger charge is -2.33. The largest absolute Gasteiger partial charge is 0.375 e. The molecule has 0 saturated carbocycles. The Balaban J connectivity index is 1.58. The van der Waals surface area contributed by atoms with Crippen molar-refractivity contribution in [1.29, 1.82) is 0 Å². The molecule has 3 heterocycles. The van der Waals surface area contributed by atoms with Crippen molar-refractivity contribution in [2.45, 2.75) is 25.9 Å². The van der Waals surface area contributed by atoms with Gasteiger partial charge in [0.2, 0.25) is 0 Å². The molecule has 1 fully saturated rings. The molecule has 21 heavy (non-hydrogen) atoms. The van der Waals surface area contributed by atoms with E-state index < -0.39 is 0 Å². The quantitative estimate of drug-likeness (QED) is 0.846. The summed E-state index contributed by atoms with van der Waals surface area (Å²) in [5.74, 6) is 0.984. The average molecular weight is 285 g/mol. The van der Waals surface area contributed by atoms with Gasteiger partial charge >= 0.3 is 0 Å². The first-order chi connectivity index (χ1) is 10.3. The molecule has 0 aromatic carbocycles. The Kier molecular flexibility index (Phi) is 4.35. The first kappa shape index (κ1) is 13.9. The highest BCUT2D eigenvalue weighted by molar-refractivity contribution is 5.39. The summed E-state index contributed by atoms with van der Waals surface area (Å²) in [6.45, 7) is 4.46. The minimum atomic E-state index is 0.212. The summed E-state index contributed by atoms with van der Waals surface area (Å²) in [4.78, 5) is 19.0. The second kappa shape index (κ2) is 6.58. The third-order valence-corrected chi connectivity index (χ3v) is 3.62. The third-order valence-electron chi connectivity index (χ3n) is 3.62. The van der Waals surface area contributed by atoms with Crippen LogP contribution in [0, 0.1) is 6.92 Å². The summed E-state index contributed by atoms with van der Waals surface area (Å²) in [6, 6.07) is 3.97. The molecule has 0 amide bonds. The highest BCUT2D eigenvalue weighted by Gasteiger charge is 2.21. The fourth-order valence-electron chi connectivity index (χ4n) is 2.49. The lowest BCUT2D eigenvalue weighted by atomic mass is 10.1. The second-order valence-electron chi connectivity index (χ2n) is 5.20. The van der Waals surface area contributed by atoms with E-state index in [-0.39, 0.29) is 6.10 Å². The molecule has 1 aliphatic rings. The normalized spacial score (nSPS) is 18.7. The molecule has 3 rings (SSSR count). The van der Waals surface area contributed by atoms with Crippen molar-refractivity contribution in [2.75, 3.05) is 24.6 Å². The summed E-state index contributed by atoms with van der Waals surface area (Å²) in [5, 5.41) is 0. The Bertz CT molecular complexity index is 577. The molecule has 1 atom stereocenters. The molecule has 1 unspecified atom stereocenters. The maximum Gasteiger partial charge on any atom is 0.132 e. The fourth-order valence-corrected chi connectivity index (χ4v) is 2.49. The molecular weight excluding hydrogens is 266 g/mol. The highest BCUT2D eigenvalue weighted by Crippen LogP contribution is 2.17. The number of anilines is 1. The van der Waals surface area contributed by atoms with Crippen LogP contribution in [-0.4, -0.2) is 45.7 Å². The molecule has 1 saturated heterocycles. The Labute approximate surface area is 124 Å². The van der Waals surface area contributed by atoms with Crippen LogP contribution in [0.3, 0.4) is 0 Å². The van der Waals surface area contributed by atoms with E-state index in [1.54, 1.807) is 18.9 Å². The zero-order chi connectivity index (χ0) is 14.5. The van der Waals surface area contributed by atoms with Gasteiger partial charge in [-0.25, -0.2) is 19.9 Å².